The third-order valence-electron chi connectivity index (χ3n) is 2.05. The number of aromatic nitrogens is 1. The van der Waals surface area contributed by atoms with Gasteiger partial charge in [-0.15, -0.1) is 0 Å². The van der Waals surface area contributed by atoms with Crippen LogP contribution < -0.4 is 0 Å². The molecule has 0 N–H and O–H groups in total. The Morgan fingerprint density at radius 3 is 3.00 bits per heavy atom. The Hall–Kier alpha value is -0.520. The van der Waals surface area contributed by atoms with Gasteiger partial charge in [0.1, 0.15) is 10.8 Å². The Balaban J connectivity index is 2.02. The van der Waals surface area contributed by atoms with E-state index >= 15 is 0 Å². The number of nitrogens with zero attached hydrogens (tertiary/aromatic N) is 1. The quantitative estimate of drug-likeness (QED) is 0.509. The fraction of sp³-hybridized carbons (Fsp3) is 0.500. The number of rotatable bonds is 9. The molecule has 94 valence electrons. The summed E-state index contributed by atoms with van der Waals surface area (Å²) in [6.07, 6.45) is 3.86. The van der Waals surface area contributed by atoms with Crippen molar-refractivity contribution in [1.29, 1.82) is 0 Å². The van der Waals surface area contributed by atoms with Crippen LogP contribution in [0.3, 0.4) is 0 Å². The number of hydrogen-bond acceptors (Lipinski definition) is 5. The second-order valence-electron chi connectivity index (χ2n) is 3.46. The van der Waals surface area contributed by atoms with Crippen LogP contribution in [0.15, 0.2) is 29.4 Å². The average molecular weight is 271 g/mol. The van der Waals surface area contributed by atoms with Crippen LogP contribution in [0.4, 0.5) is 0 Å². The van der Waals surface area contributed by atoms with Gasteiger partial charge in [0.15, 0.2) is 0 Å². The summed E-state index contributed by atoms with van der Waals surface area (Å²) in [5.74, 6) is 1.16. The van der Waals surface area contributed by atoms with Gasteiger partial charge in [0, 0.05) is 38.5 Å². The fourth-order valence-electron chi connectivity index (χ4n) is 1.19. The molecule has 1 aromatic heterocycles. The van der Waals surface area contributed by atoms with E-state index in [1.165, 1.54) is 0 Å². The van der Waals surface area contributed by atoms with Crippen LogP contribution in [-0.2, 0) is 9.53 Å². The first kappa shape index (κ1) is 14.5. The van der Waals surface area contributed by atoms with Gasteiger partial charge in [-0.2, -0.15) is 0 Å². The zero-order valence-electron chi connectivity index (χ0n) is 9.93. The van der Waals surface area contributed by atoms with Crippen LogP contribution in [0.25, 0.3) is 0 Å². The van der Waals surface area contributed by atoms with E-state index in [1.54, 1.807) is 34.9 Å². The highest BCUT2D eigenvalue weighted by Crippen LogP contribution is 2.29. The topological polar surface area (TPSA) is 39.2 Å². The first-order chi connectivity index (χ1) is 8.33. The van der Waals surface area contributed by atoms with E-state index in [4.69, 9.17) is 4.74 Å². The molecule has 0 saturated carbocycles. The molecule has 5 heteroatoms. The van der Waals surface area contributed by atoms with Crippen molar-refractivity contribution in [2.75, 3.05) is 19.5 Å². The number of carbonyl (C=O) groups is 1. The lowest BCUT2D eigenvalue weighted by atomic mass is 10.2. The van der Waals surface area contributed by atoms with E-state index in [0.29, 0.717) is 25.2 Å². The average Bonchev–Trinajstić information content (AvgIpc) is 2.36. The normalized spacial score (nSPS) is 10.4. The minimum Gasteiger partial charge on any atom is -0.385 e. The van der Waals surface area contributed by atoms with Gasteiger partial charge in [-0.1, -0.05) is 16.9 Å². The van der Waals surface area contributed by atoms with Crippen molar-refractivity contribution in [2.24, 2.45) is 0 Å². The summed E-state index contributed by atoms with van der Waals surface area (Å²) < 4.78 is 4.91. The Morgan fingerprint density at radius 1 is 1.41 bits per heavy atom. The largest absolute Gasteiger partial charge is 0.385 e. The summed E-state index contributed by atoms with van der Waals surface area (Å²) in [7, 11) is 4.95. The second-order valence-corrected chi connectivity index (χ2v) is 5.89. The molecule has 17 heavy (non-hydrogen) atoms. The Labute approximate surface area is 110 Å². The molecule has 0 aliphatic carbocycles. The molecular weight excluding hydrogens is 254 g/mol. The lowest BCUT2D eigenvalue weighted by Gasteiger charge is -2.01. The van der Waals surface area contributed by atoms with Crippen LogP contribution in [0.2, 0.25) is 0 Å². The van der Waals surface area contributed by atoms with Crippen LogP contribution >= 0.6 is 21.6 Å². The third kappa shape index (κ3) is 7.41. The van der Waals surface area contributed by atoms with Gasteiger partial charge < -0.3 is 4.74 Å². The van der Waals surface area contributed by atoms with Crippen molar-refractivity contribution in [2.45, 2.75) is 24.3 Å². The van der Waals surface area contributed by atoms with E-state index in [1.807, 2.05) is 18.2 Å². The van der Waals surface area contributed by atoms with Gasteiger partial charge in [0.2, 0.25) is 0 Å². The molecule has 0 radical (unpaired) electrons. The predicted molar refractivity (Wildman–Crippen MR) is 73.3 cm³/mol. The molecule has 1 rings (SSSR count). The third-order valence-corrected chi connectivity index (χ3v) is 4.32. The van der Waals surface area contributed by atoms with E-state index in [-0.39, 0.29) is 0 Å². The van der Waals surface area contributed by atoms with Gasteiger partial charge in [-0.05, 0) is 29.3 Å². The van der Waals surface area contributed by atoms with Gasteiger partial charge in [0.25, 0.3) is 0 Å². The summed E-state index contributed by atoms with van der Waals surface area (Å²) >= 11 is 0. The Kier molecular flexibility index (Phi) is 8.13. The van der Waals surface area contributed by atoms with Crippen LogP contribution in [0, 0.1) is 0 Å². The van der Waals surface area contributed by atoms with Crippen LogP contribution in [0.5, 0.6) is 0 Å². The van der Waals surface area contributed by atoms with E-state index in [9.17, 15) is 4.79 Å². The van der Waals surface area contributed by atoms with Gasteiger partial charge >= 0.3 is 0 Å². The molecule has 0 amide bonds. The molecule has 1 heterocycles. The highest BCUT2D eigenvalue weighted by atomic mass is 33.1. The van der Waals surface area contributed by atoms with Crippen LogP contribution in [0.1, 0.15) is 19.3 Å². The minimum atomic E-state index is 0.316. The molecule has 0 bridgehead atoms. The van der Waals surface area contributed by atoms with Crippen molar-refractivity contribution in [1.82, 2.24) is 4.98 Å². The van der Waals surface area contributed by atoms with E-state index in [0.717, 1.165) is 17.2 Å². The fourth-order valence-corrected chi connectivity index (χ4v) is 3.10. The number of pyridine rings is 1. The van der Waals surface area contributed by atoms with Crippen molar-refractivity contribution in [3.05, 3.63) is 24.4 Å². The molecule has 0 unspecified atom stereocenters. The molecule has 0 fully saturated rings. The van der Waals surface area contributed by atoms with Crippen LogP contribution in [-0.4, -0.2) is 30.2 Å². The van der Waals surface area contributed by atoms with Crippen molar-refractivity contribution in [3.63, 3.8) is 0 Å². The monoisotopic (exact) mass is 271 g/mol. The first-order valence-electron chi connectivity index (χ1n) is 5.54. The van der Waals surface area contributed by atoms with Crippen molar-refractivity contribution < 1.29 is 9.53 Å². The zero-order valence-corrected chi connectivity index (χ0v) is 11.6. The Bertz CT molecular complexity index is 320. The lowest BCUT2D eigenvalue weighted by Crippen LogP contribution is -2.01. The van der Waals surface area contributed by atoms with Gasteiger partial charge in [-0.3, -0.25) is 4.79 Å². The van der Waals surface area contributed by atoms with Gasteiger partial charge in [0.05, 0.1) is 0 Å². The smallest absolute Gasteiger partial charge is 0.133 e. The molecular formula is C12H17NO2S2. The second kappa shape index (κ2) is 9.50. The number of methoxy groups -OCH3 is 1. The SMILES string of the molecule is COCCCC(=O)CCSSc1ccccn1. The molecule has 0 aromatic carbocycles. The maximum atomic E-state index is 11.4. The van der Waals surface area contributed by atoms with Crippen molar-refractivity contribution in [3.8, 4) is 0 Å². The van der Waals surface area contributed by atoms with Crippen molar-refractivity contribution >= 4 is 27.4 Å². The first-order valence-corrected chi connectivity index (χ1v) is 7.86. The summed E-state index contributed by atoms with van der Waals surface area (Å²) in [5, 5.41) is 0.990. The molecule has 0 atom stereocenters. The maximum absolute atomic E-state index is 11.4. The van der Waals surface area contributed by atoms with E-state index in [2.05, 4.69) is 4.98 Å². The summed E-state index contributed by atoms with van der Waals surface area (Å²) in [6, 6.07) is 5.83. The van der Waals surface area contributed by atoms with E-state index < -0.39 is 0 Å². The molecule has 0 aliphatic rings. The summed E-state index contributed by atoms with van der Waals surface area (Å²) in [4.78, 5) is 15.6. The number of hydrogen-bond donors (Lipinski definition) is 0. The summed E-state index contributed by atoms with van der Waals surface area (Å²) in [6.45, 7) is 0.668. The number of ether oxygens (including phenoxy) is 1. The lowest BCUT2D eigenvalue weighted by molar-refractivity contribution is -0.118. The highest BCUT2D eigenvalue weighted by molar-refractivity contribution is 8.76. The summed E-state index contributed by atoms with van der Waals surface area (Å²) in [5.41, 5.74) is 0. The predicted octanol–water partition coefficient (Wildman–Crippen LogP) is 3.21. The molecule has 0 spiro atoms. The standard InChI is InChI=1S/C12H17NO2S2/c1-15-9-4-5-11(14)7-10-16-17-12-6-2-3-8-13-12/h2-3,6,8H,4-5,7,9-10H2,1H3. The zero-order chi connectivity index (χ0) is 12.3. The molecule has 0 aliphatic heterocycles. The maximum Gasteiger partial charge on any atom is 0.133 e. The molecule has 3 nitrogen and oxygen atoms in total. The molecule has 1 aromatic rings. The van der Waals surface area contributed by atoms with Gasteiger partial charge in [-0.25, -0.2) is 4.98 Å². The molecule has 0 saturated heterocycles. The number of ketones is 1. The number of carbonyl (C=O) groups excluding carboxylic acids is 1. The Morgan fingerprint density at radius 2 is 2.29 bits per heavy atom. The number of Topliss-reactive ketones (excluding diaryl/α,β-unsaturated/α-hetero) is 1. The minimum absolute atomic E-state index is 0.316. The highest BCUT2D eigenvalue weighted by Gasteiger charge is 2.02.